The number of benzene rings is 1. The van der Waals surface area contributed by atoms with Gasteiger partial charge in [0, 0.05) is 38.6 Å². The van der Waals surface area contributed by atoms with E-state index in [1.807, 2.05) is 46.1 Å². The van der Waals surface area contributed by atoms with E-state index in [0.29, 0.717) is 30.4 Å². The van der Waals surface area contributed by atoms with Crippen LogP contribution in [0.5, 0.6) is 0 Å². The molecule has 0 aliphatic carbocycles. The topological polar surface area (TPSA) is 69.5 Å². The van der Waals surface area contributed by atoms with Crippen LogP contribution in [0.4, 0.5) is 0 Å². The summed E-state index contributed by atoms with van der Waals surface area (Å²) in [6, 6.07) is 12.0. The Morgan fingerprint density at radius 3 is 2.88 bits per heavy atom. The molecule has 1 amide bonds. The Kier molecular flexibility index (Phi) is 5.68. The van der Waals surface area contributed by atoms with Crippen LogP contribution in [0.1, 0.15) is 32.9 Å². The molecular weight excluding hydrogens is 424 g/mol. The zero-order valence-electron chi connectivity index (χ0n) is 18.0. The molecule has 164 valence electrons. The number of hydrogen-bond donors (Lipinski definition) is 1. The number of imidazole rings is 1. The van der Waals surface area contributed by atoms with Gasteiger partial charge in [-0.05, 0) is 48.7 Å². The standard InChI is InChI=1S/C24H25ClN6O/c1-29(10-8-17-12-26-27-13-17)16-21-23(28-22-7-6-20(25)15-31(21)22)24(32)30-11-9-18-4-2-3-5-19(18)14-30/h2-7,12-13,15H,8-11,14,16H2,1H3,(H,26,27). The Hall–Kier alpha value is -3.16. The van der Waals surface area contributed by atoms with E-state index < -0.39 is 0 Å². The van der Waals surface area contributed by atoms with E-state index in [1.165, 1.54) is 11.1 Å². The van der Waals surface area contributed by atoms with Crippen molar-refractivity contribution < 1.29 is 4.79 Å². The SMILES string of the molecule is CN(CCc1cn[nH]c1)Cc1c(C(=O)N2CCc3ccccc3C2)nc2ccc(Cl)cn12. The van der Waals surface area contributed by atoms with Gasteiger partial charge in [0.25, 0.3) is 5.91 Å². The van der Waals surface area contributed by atoms with E-state index in [4.69, 9.17) is 16.6 Å². The van der Waals surface area contributed by atoms with Gasteiger partial charge in [0.05, 0.1) is 16.9 Å². The molecule has 5 rings (SSSR count). The predicted octanol–water partition coefficient (Wildman–Crippen LogP) is 3.58. The normalized spacial score (nSPS) is 13.7. The van der Waals surface area contributed by atoms with Gasteiger partial charge in [-0.1, -0.05) is 35.9 Å². The molecule has 3 aromatic heterocycles. The van der Waals surface area contributed by atoms with Crippen LogP contribution in [-0.4, -0.2) is 55.4 Å². The fourth-order valence-corrected chi connectivity index (χ4v) is 4.44. The smallest absolute Gasteiger partial charge is 0.274 e. The number of pyridine rings is 1. The fourth-order valence-electron chi connectivity index (χ4n) is 4.28. The molecular formula is C24H25ClN6O. The van der Waals surface area contributed by atoms with Gasteiger partial charge >= 0.3 is 0 Å². The third-order valence-electron chi connectivity index (χ3n) is 6.06. The van der Waals surface area contributed by atoms with E-state index in [2.05, 4.69) is 40.3 Å². The maximum absolute atomic E-state index is 13.6. The molecule has 7 nitrogen and oxygen atoms in total. The molecule has 4 aromatic rings. The van der Waals surface area contributed by atoms with Crippen LogP contribution in [0.15, 0.2) is 55.0 Å². The number of H-pyrrole nitrogens is 1. The average Bonchev–Trinajstić information content (AvgIpc) is 3.45. The van der Waals surface area contributed by atoms with Gasteiger partial charge in [-0.3, -0.25) is 9.89 Å². The second-order valence-electron chi connectivity index (χ2n) is 8.32. The van der Waals surface area contributed by atoms with Gasteiger partial charge < -0.3 is 14.2 Å². The highest BCUT2D eigenvalue weighted by atomic mass is 35.5. The Balaban J connectivity index is 1.42. The van der Waals surface area contributed by atoms with E-state index in [-0.39, 0.29) is 5.91 Å². The number of carbonyl (C=O) groups is 1. The lowest BCUT2D eigenvalue weighted by molar-refractivity contribution is 0.0727. The lowest BCUT2D eigenvalue weighted by Gasteiger charge is -2.28. The van der Waals surface area contributed by atoms with Crippen LogP contribution in [0.25, 0.3) is 5.65 Å². The highest BCUT2D eigenvalue weighted by Gasteiger charge is 2.27. The number of aromatic nitrogens is 4. The number of rotatable bonds is 6. The number of hydrogen-bond acceptors (Lipinski definition) is 4. The first-order valence-electron chi connectivity index (χ1n) is 10.8. The lowest BCUT2D eigenvalue weighted by Crippen LogP contribution is -2.37. The summed E-state index contributed by atoms with van der Waals surface area (Å²) in [7, 11) is 2.05. The van der Waals surface area contributed by atoms with Crippen molar-refractivity contribution in [2.24, 2.45) is 0 Å². The molecule has 0 unspecified atom stereocenters. The molecule has 0 spiro atoms. The zero-order valence-corrected chi connectivity index (χ0v) is 18.7. The van der Waals surface area contributed by atoms with Gasteiger partial charge in [0.1, 0.15) is 5.65 Å². The van der Waals surface area contributed by atoms with Crippen LogP contribution >= 0.6 is 11.6 Å². The van der Waals surface area contributed by atoms with Crippen molar-refractivity contribution in [2.45, 2.75) is 25.9 Å². The van der Waals surface area contributed by atoms with Gasteiger partial charge in [-0.2, -0.15) is 5.10 Å². The summed E-state index contributed by atoms with van der Waals surface area (Å²) in [5.41, 5.74) is 5.77. The largest absolute Gasteiger partial charge is 0.333 e. The molecule has 0 radical (unpaired) electrons. The number of carbonyl (C=O) groups excluding carboxylic acids is 1. The summed E-state index contributed by atoms with van der Waals surface area (Å²) >= 11 is 6.28. The predicted molar refractivity (Wildman–Crippen MR) is 124 cm³/mol. The highest BCUT2D eigenvalue weighted by molar-refractivity contribution is 6.30. The van der Waals surface area contributed by atoms with Crippen LogP contribution in [0.2, 0.25) is 5.02 Å². The maximum Gasteiger partial charge on any atom is 0.274 e. The maximum atomic E-state index is 13.6. The van der Waals surface area contributed by atoms with Crippen molar-refractivity contribution in [1.82, 2.24) is 29.4 Å². The van der Waals surface area contributed by atoms with Gasteiger partial charge in [-0.15, -0.1) is 0 Å². The van der Waals surface area contributed by atoms with Crippen molar-refractivity contribution >= 4 is 23.2 Å². The second kappa shape index (κ2) is 8.76. The average molecular weight is 449 g/mol. The minimum atomic E-state index is -0.0300. The monoisotopic (exact) mass is 448 g/mol. The van der Waals surface area contributed by atoms with Gasteiger partial charge in [0.2, 0.25) is 0 Å². The van der Waals surface area contributed by atoms with E-state index in [9.17, 15) is 4.79 Å². The Bertz CT molecular complexity index is 1250. The quantitative estimate of drug-likeness (QED) is 0.489. The summed E-state index contributed by atoms with van der Waals surface area (Å²) in [4.78, 5) is 22.4. The summed E-state index contributed by atoms with van der Waals surface area (Å²) in [5, 5.41) is 7.47. The minimum absolute atomic E-state index is 0.0300. The number of nitrogens with one attached hydrogen (secondary N) is 1. The Labute approximate surface area is 191 Å². The Morgan fingerprint density at radius 2 is 2.06 bits per heavy atom. The molecule has 0 atom stereocenters. The molecule has 1 aromatic carbocycles. The number of nitrogens with zero attached hydrogens (tertiary/aromatic N) is 5. The molecule has 32 heavy (non-hydrogen) atoms. The molecule has 1 aliphatic heterocycles. The molecule has 0 fully saturated rings. The lowest BCUT2D eigenvalue weighted by atomic mass is 9.99. The highest BCUT2D eigenvalue weighted by Crippen LogP contribution is 2.24. The van der Waals surface area contributed by atoms with Crippen molar-refractivity contribution in [2.75, 3.05) is 20.1 Å². The molecule has 1 N–H and O–H groups in total. The fraction of sp³-hybridized carbons (Fsp3) is 0.292. The molecule has 0 bridgehead atoms. The van der Waals surface area contributed by atoms with Crippen LogP contribution in [0, 0.1) is 0 Å². The van der Waals surface area contributed by atoms with Crippen LogP contribution in [-0.2, 0) is 25.9 Å². The summed E-state index contributed by atoms with van der Waals surface area (Å²) in [6.07, 6.45) is 7.32. The second-order valence-corrected chi connectivity index (χ2v) is 8.76. The third kappa shape index (κ3) is 4.13. The van der Waals surface area contributed by atoms with Crippen molar-refractivity contribution in [3.8, 4) is 0 Å². The third-order valence-corrected chi connectivity index (χ3v) is 6.28. The summed E-state index contributed by atoms with van der Waals surface area (Å²) in [6.45, 7) is 2.72. The molecule has 8 heteroatoms. The van der Waals surface area contributed by atoms with Crippen molar-refractivity contribution in [3.63, 3.8) is 0 Å². The summed E-state index contributed by atoms with van der Waals surface area (Å²) < 4.78 is 1.95. The van der Waals surface area contributed by atoms with Crippen LogP contribution in [0.3, 0.4) is 0 Å². The van der Waals surface area contributed by atoms with Crippen LogP contribution < -0.4 is 0 Å². The first-order chi connectivity index (χ1) is 15.6. The zero-order chi connectivity index (χ0) is 22.1. The first kappa shape index (κ1) is 20.7. The first-order valence-corrected chi connectivity index (χ1v) is 11.1. The van der Waals surface area contributed by atoms with Gasteiger partial charge in [0.15, 0.2) is 5.69 Å². The molecule has 4 heterocycles. The van der Waals surface area contributed by atoms with Crippen molar-refractivity contribution in [3.05, 3.63) is 88.1 Å². The molecule has 1 aliphatic rings. The van der Waals surface area contributed by atoms with E-state index >= 15 is 0 Å². The van der Waals surface area contributed by atoms with Gasteiger partial charge in [-0.25, -0.2) is 4.98 Å². The number of amides is 1. The van der Waals surface area contributed by atoms with E-state index in [0.717, 1.165) is 36.3 Å². The van der Waals surface area contributed by atoms with E-state index in [1.54, 1.807) is 0 Å². The minimum Gasteiger partial charge on any atom is -0.333 e. The number of likely N-dealkylation sites (N-methyl/N-ethyl adjacent to an activating group) is 1. The Morgan fingerprint density at radius 1 is 1.22 bits per heavy atom. The van der Waals surface area contributed by atoms with Crippen molar-refractivity contribution in [1.29, 1.82) is 0 Å². The number of aromatic amines is 1. The number of fused-ring (bicyclic) bond motifs is 2. The molecule has 0 saturated heterocycles. The molecule has 0 saturated carbocycles. The summed E-state index contributed by atoms with van der Waals surface area (Å²) in [5.74, 6) is -0.0300. The number of halogens is 1.